The summed E-state index contributed by atoms with van der Waals surface area (Å²) in [6, 6.07) is 5.37. The number of ether oxygens (including phenoxy) is 2. The molecule has 0 bridgehead atoms. The van der Waals surface area contributed by atoms with Crippen LogP contribution < -0.4 is 14.8 Å². The normalized spacial score (nSPS) is 21.1. The van der Waals surface area contributed by atoms with Crippen LogP contribution >= 0.6 is 0 Å². The molecular weight excluding hydrogens is 392 g/mol. The summed E-state index contributed by atoms with van der Waals surface area (Å²) in [6.07, 6.45) is 6.54. The second-order valence-corrected chi connectivity index (χ2v) is 9.98. The molecule has 1 saturated carbocycles. The maximum absolute atomic E-state index is 12.8. The second-order valence-electron chi connectivity index (χ2n) is 7.89. The van der Waals surface area contributed by atoms with Gasteiger partial charge >= 0.3 is 0 Å². The Morgan fingerprint density at radius 2 is 1.93 bits per heavy atom. The molecule has 1 aromatic rings. The number of carbonyl (C=O) groups excluding carboxylic acids is 1. The van der Waals surface area contributed by atoms with Gasteiger partial charge in [0.2, 0.25) is 15.9 Å². The zero-order valence-corrected chi connectivity index (χ0v) is 18.2. The van der Waals surface area contributed by atoms with Crippen LogP contribution in [0.15, 0.2) is 18.2 Å². The molecule has 1 heterocycles. The van der Waals surface area contributed by atoms with E-state index < -0.39 is 10.0 Å². The van der Waals surface area contributed by atoms with Gasteiger partial charge in [-0.2, -0.15) is 0 Å². The largest absolute Gasteiger partial charge is 0.493 e. The van der Waals surface area contributed by atoms with Gasteiger partial charge in [0, 0.05) is 24.8 Å². The summed E-state index contributed by atoms with van der Waals surface area (Å²) in [5.74, 6) is 0.897. The van der Waals surface area contributed by atoms with Gasteiger partial charge in [0.05, 0.1) is 24.9 Å². The molecule has 0 aromatic heterocycles. The first kappa shape index (κ1) is 21.9. The van der Waals surface area contributed by atoms with Crippen LogP contribution in [0.25, 0.3) is 0 Å². The second kappa shape index (κ2) is 9.80. The average molecular weight is 425 g/mol. The first-order valence-electron chi connectivity index (χ1n) is 10.6. The van der Waals surface area contributed by atoms with Gasteiger partial charge in [0.15, 0.2) is 11.5 Å². The molecule has 1 saturated heterocycles. The van der Waals surface area contributed by atoms with E-state index in [2.05, 4.69) is 5.32 Å². The number of methoxy groups -OCH3 is 1. The Hall–Kier alpha value is -1.80. The van der Waals surface area contributed by atoms with Crippen molar-refractivity contribution < 1.29 is 22.7 Å². The molecule has 0 spiro atoms. The highest BCUT2D eigenvalue weighted by molar-refractivity contribution is 7.89. The van der Waals surface area contributed by atoms with Gasteiger partial charge in [-0.25, -0.2) is 12.7 Å². The van der Waals surface area contributed by atoms with Crippen LogP contribution in [0.5, 0.6) is 11.5 Å². The number of rotatable bonds is 8. The molecule has 2 aliphatic rings. The molecular formula is C21H32N2O5S. The highest BCUT2D eigenvalue weighted by Gasteiger charge is 2.32. The van der Waals surface area contributed by atoms with Crippen LogP contribution in [-0.2, 0) is 14.8 Å². The van der Waals surface area contributed by atoms with Crippen molar-refractivity contribution in [2.75, 3.05) is 31.3 Å². The Bertz CT molecular complexity index is 805. The Balaban J connectivity index is 1.66. The molecule has 1 atom stereocenters. The first-order valence-corrected chi connectivity index (χ1v) is 12.2. The average Bonchev–Trinajstić information content (AvgIpc) is 3.21. The van der Waals surface area contributed by atoms with Crippen LogP contribution in [0.1, 0.15) is 51.9 Å². The molecule has 1 amide bonds. The molecule has 1 aliphatic heterocycles. The van der Waals surface area contributed by atoms with E-state index in [0.717, 1.165) is 12.8 Å². The van der Waals surface area contributed by atoms with E-state index in [-0.39, 0.29) is 30.2 Å². The maximum Gasteiger partial charge on any atom is 0.228 e. The van der Waals surface area contributed by atoms with Crippen molar-refractivity contribution in [3.63, 3.8) is 0 Å². The third-order valence-electron chi connectivity index (χ3n) is 5.64. The van der Waals surface area contributed by atoms with Crippen LogP contribution in [0.2, 0.25) is 0 Å². The predicted octanol–water partition coefficient (Wildman–Crippen LogP) is 3.41. The minimum Gasteiger partial charge on any atom is -0.493 e. The molecule has 162 valence electrons. The number of hydrogen-bond donors (Lipinski definition) is 1. The fraction of sp³-hybridized carbons (Fsp3) is 0.667. The summed E-state index contributed by atoms with van der Waals surface area (Å²) >= 11 is 0. The van der Waals surface area contributed by atoms with Crippen molar-refractivity contribution in [3.8, 4) is 11.5 Å². The van der Waals surface area contributed by atoms with Gasteiger partial charge in [-0.1, -0.05) is 6.92 Å². The molecule has 0 unspecified atom stereocenters. The van der Waals surface area contributed by atoms with Gasteiger partial charge in [-0.05, 0) is 57.1 Å². The fourth-order valence-corrected chi connectivity index (χ4v) is 5.66. The quantitative estimate of drug-likeness (QED) is 0.691. The Morgan fingerprint density at radius 3 is 2.62 bits per heavy atom. The van der Waals surface area contributed by atoms with E-state index in [9.17, 15) is 13.2 Å². The van der Waals surface area contributed by atoms with Crippen LogP contribution in [0.4, 0.5) is 5.69 Å². The monoisotopic (exact) mass is 424 g/mol. The van der Waals surface area contributed by atoms with Crippen molar-refractivity contribution in [2.45, 2.75) is 58.0 Å². The van der Waals surface area contributed by atoms with E-state index in [1.54, 1.807) is 25.3 Å². The lowest BCUT2D eigenvalue weighted by Crippen LogP contribution is -2.44. The Kier molecular flexibility index (Phi) is 7.40. The lowest BCUT2D eigenvalue weighted by Gasteiger charge is -2.31. The number of anilines is 1. The highest BCUT2D eigenvalue weighted by Crippen LogP contribution is 2.34. The van der Waals surface area contributed by atoms with Gasteiger partial charge in [-0.15, -0.1) is 0 Å². The number of nitrogens with one attached hydrogen (secondary N) is 1. The summed E-state index contributed by atoms with van der Waals surface area (Å²) in [7, 11) is -1.69. The number of hydrogen-bond acceptors (Lipinski definition) is 5. The van der Waals surface area contributed by atoms with Crippen molar-refractivity contribution >= 4 is 21.6 Å². The van der Waals surface area contributed by atoms with Gasteiger partial charge in [0.25, 0.3) is 0 Å². The summed E-state index contributed by atoms with van der Waals surface area (Å²) in [5, 5.41) is 2.94. The summed E-state index contributed by atoms with van der Waals surface area (Å²) in [4.78, 5) is 12.8. The minimum absolute atomic E-state index is 0.127. The first-order chi connectivity index (χ1) is 13.9. The third kappa shape index (κ3) is 5.63. The Morgan fingerprint density at radius 1 is 1.17 bits per heavy atom. The van der Waals surface area contributed by atoms with Crippen LogP contribution in [0.3, 0.4) is 0 Å². The molecule has 8 heteroatoms. The topological polar surface area (TPSA) is 84.9 Å². The molecule has 1 aliphatic carbocycles. The molecule has 1 aromatic carbocycles. The van der Waals surface area contributed by atoms with Crippen LogP contribution in [-0.4, -0.2) is 50.7 Å². The summed E-state index contributed by atoms with van der Waals surface area (Å²) < 4.78 is 37.7. The Labute approximate surface area is 173 Å². The van der Waals surface area contributed by atoms with Crippen LogP contribution in [0, 0.1) is 5.92 Å². The number of piperidine rings is 1. The van der Waals surface area contributed by atoms with Gasteiger partial charge in [0.1, 0.15) is 0 Å². The third-order valence-corrected chi connectivity index (χ3v) is 7.68. The summed E-state index contributed by atoms with van der Waals surface area (Å²) in [5.41, 5.74) is 0.636. The standard InChI is InChI=1S/C21H32N2O5S/c1-3-13-29(25,26)23-12-6-7-16(15-23)21(24)22-17-10-11-19(27-2)20(14-17)28-18-8-4-5-9-18/h10-11,14,16,18H,3-9,12-13,15H2,1-2H3,(H,22,24)/t16-/m1/s1. The minimum atomic E-state index is -3.29. The number of benzene rings is 1. The highest BCUT2D eigenvalue weighted by atomic mass is 32.2. The van der Waals surface area contributed by atoms with E-state index in [0.29, 0.717) is 43.0 Å². The predicted molar refractivity (Wildman–Crippen MR) is 113 cm³/mol. The zero-order chi connectivity index (χ0) is 20.9. The van der Waals surface area contributed by atoms with E-state index in [1.165, 1.54) is 17.1 Å². The van der Waals surface area contributed by atoms with E-state index >= 15 is 0 Å². The van der Waals surface area contributed by atoms with E-state index in [1.807, 2.05) is 6.92 Å². The lowest BCUT2D eigenvalue weighted by atomic mass is 9.98. The maximum atomic E-state index is 12.8. The lowest BCUT2D eigenvalue weighted by molar-refractivity contribution is -0.120. The number of nitrogens with zero attached hydrogens (tertiary/aromatic N) is 1. The molecule has 7 nitrogen and oxygen atoms in total. The van der Waals surface area contributed by atoms with E-state index in [4.69, 9.17) is 9.47 Å². The molecule has 3 rings (SSSR count). The van der Waals surface area contributed by atoms with Crippen molar-refractivity contribution in [2.24, 2.45) is 5.92 Å². The summed E-state index contributed by atoms with van der Waals surface area (Å²) in [6.45, 7) is 2.59. The number of carbonyl (C=O) groups is 1. The smallest absolute Gasteiger partial charge is 0.228 e. The number of sulfonamides is 1. The number of amides is 1. The van der Waals surface area contributed by atoms with Crippen molar-refractivity contribution in [3.05, 3.63) is 18.2 Å². The zero-order valence-electron chi connectivity index (χ0n) is 17.4. The van der Waals surface area contributed by atoms with Crippen molar-refractivity contribution in [1.82, 2.24) is 4.31 Å². The molecule has 29 heavy (non-hydrogen) atoms. The SMILES string of the molecule is CCCS(=O)(=O)N1CCC[C@@H](C(=O)Nc2ccc(OC)c(OC3CCCC3)c2)C1. The van der Waals surface area contributed by atoms with Crippen molar-refractivity contribution in [1.29, 1.82) is 0 Å². The fourth-order valence-electron chi connectivity index (χ4n) is 4.07. The van der Waals surface area contributed by atoms with Gasteiger partial charge < -0.3 is 14.8 Å². The molecule has 0 radical (unpaired) electrons. The van der Waals surface area contributed by atoms with Gasteiger partial charge in [-0.3, -0.25) is 4.79 Å². The molecule has 2 fully saturated rings. The molecule has 1 N–H and O–H groups in total.